The molecule has 1 heterocycles. The molecule has 2 unspecified atom stereocenters. The maximum Gasteiger partial charge on any atom is 0.167 e. The Morgan fingerprint density at radius 1 is 1.40 bits per heavy atom. The number of rotatable bonds is 2. The Morgan fingerprint density at radius 3 is 2.53 bits per heavy atom. The third-order valence-electron chi connectivity index (χ3n) is 3.47. The summed E-state index contributed by atoms with van der Waals surface area (Å²) in [5.41, 5.74) is 0. The average Bonchev–Trinajstić information content (AvgIpc) is 2.99. The third kappa shape index (κ3) is 1.91. The Hall–Kier alpha value is -0.880. The number of nitriles is 1. The Labute approximate surface area is 91.1 Å². The van der Waals surface area contributed by atoms with Gasteiger partial charge in [-0.1, -0.05) is 13.8 Å². The van der Waals surface area contributed by atoms with Crippen LogP contribution < -0.4 is 0 Å². The molecule has 82 valence electrons. The minimum absolute atomic E-state index is 0.00380. The van der Waals surface area contributed by atoms with E-state index in [4.69, 9.17) is 5.26 Å². The summed E-state index contributed by atoms with van der Waals surface area (Å²) in [4.78, 5) is 14.4. The van der Waals surface area contributed by atoms with Crippen LogP contribution in [0.25, 0.3) is 0 Å². The van der Waals surface area contributed by atoms with Gasteiger partial charge in [0, 0.05) is 12.6 Å². The molecule has 0 aromatic rings. The second-order valence-corrected chi connectivity index (χ2v) is 5.03. The summed E-state index contributed by atoms with van der Waals surface area (Å²) >= 11 is 0. The molecule has 0 bridgehead atoms. The monoisotopic (exact) mass is 206 g/mol. The summed E-state index contributed by atoms with van der Waals surface area (Å²) in [6.45, 7) is 5.09. The van der Waals surface area contributed by atoms with Crippen LogP contribution in [0, 0.1) is 23.2 Å². The zero-order chi connectivity index (χ0) is 11.0. The van der Waals surface area contributed by atoms with Gasteiger partial charge in [-0.3, -0.25) is 9.69 Å². The van der Waals surface area contributed by atoms with Crippen LogP contribution in [-0.4, -0.2) is 29.3 Å². The summed E-state index contributed by atoms with van der Waals surface area (Å²) in [6.07, 6.45) is 3.19. The van der Waals surface area contributed by atoms with Crippen molar-refractivity contribution in [1.82, 2.24) is 4.90 Å². The first-order chi connectivity index (χ1) is 7.15. The number of piperidine rings is 1. The van der Waals surface area contributed by atoms with Gasteiger partial charge in [-0.25, -0.2) is 0 Å². The number of ketones is 1. The zero-order valence-electron chi connectivity index (χ0n) is 9.44. The number of Topliss-reactive ketones (excluding diaryl/α,β-unsaturated/α-hetero) is 1. The Balaban J connectivity index is 2.15. The highest BCUT2D eigenvalue weighted by atomic mass is 16.1. The Kier molecular flexibility index (Phi) is 2.79. The number of hydrogen-bond acceptors (Lipinski definition) is 3. The van der Waals surface area contributed by atoms with Crippen LogP contribution in [0.15, 0.2) is 0 Å². The van der Waals surface area contributed by atoms with Crippen LogP contribution in [0.5, 0.6) is 0 Å². The van der Waals surface area contributed by atoms with E-state index in [2.05, 4.69) is 24.8 Å². The normalized spacial score (nSPS) is 33.1. The van der Waals surface area contributed by atoms with E-state index in [9.17, 15) is 4.79 Å². The van der Waals surface area contributed by atoms with Gasteiger partial charge in [-0.2, -0.15) is 5.26 Å². The number of nitrogens with zero attached hydrogens (tertiary/aromatic N) is 2. The van der Waals surface area contributed by atoms with E-state index in [0.29, 0.717) is 12.0 Å². The van der Waals surface area contributed by atoms with E-state index in [-0.39, 0.29) is 17.7 Å². The van der Waals surface area contributed by atoms with Gasteiger partial charge in [0.05, 0.1) is 12.1 Å². The highest BCUT2D eigenvalue weighted by Crippen LogP contribution is 2.35. The molecule has 2 aliphatic rings. The first-order valence-corrected chi connectivity index (χ1v) is 5.84. The Morgan fingerprint density at radius 2 is 2.07 bits per heavy atom. The summed E-state index contributed by atoms with van der Waals surface area (Å²) in [6, 6.07) is 2.76. The fourth-order valence-electron chi connectivity index (χ4n) is 2.58. The van der Waals surface area contributed by atoms with Crippen molar-refractivity contribution in [1.29, 1.82) is 5.26 Å². The van der Waals surface area contributed by atoms with Crippen molar-refractivity contribution in [3.63, 3.8) is 0 Å². The zero-order valence-corrected chi connectivity index (χ0v) is 9.44. The van der Waals surface area contributed by atoms with Gasteiger partial charge in [-0.15, -0.1) is 0 Å². The molecule has 2 rings (SSSR count). The second kappa shape index (κ2) is 3.94. The fraction of sp³-hybridized carbons (Fsp3) is 0.833. The summed E-state index contributed by atoms with van der Waals surface area (Å²) in [5, 5.41) is 8.91. The summed E-state index contributed by atoms with van der Waals surface area (Å²) in [7, 11) is 0. The SMILES string of the molecule is CC(C)C1C(=O)C(C#N)CCN1C1CC1. The van der Waals surface area contributed by atoms with Crippen LogP contribution >= 0.6 is 0 Å². The van der Waals surface area contributed by atoms with E-state index in [1.165, 1.54) is 12.8 Å². The topological polar surface area (TPSA) is 44.1 Å². The molecular weight excluding hydrogens is 188 g/mol. The first kappa shape index (κ1) is 10.6. The summed E-state index contributed by atoms with van der Waals surface area (Å²) in [5.74, 6) is 0.132. The number of carbonyl (C=O) groups is 1. The van der Waals surface area contributed by atoms with Crippen LogP contribution in [0.3, 0.4) is 0 Å². The lowest BCUT2D eigenvalue weighted by atomic mass is 9.84. The molecule has 1 aliphatic heterocycles. The quantitative estimate of drug-likeness (QED) is 0.689. The lowest BCUT2D eigenvalue weighted by Crippen LogP contribution is -2.52. The average molecular weight is 206 g/mol. The van der Waals surface area contributed by atoms with Crippen molar-refractivity contribution >= 4 is 5.78 Å². The maximum absolute atomic E-state index is 12.1. The molecule has 0 aromatic heterocycles. The van der Waals surface area contributed by atoms with Crippen LogP contribution in [0.4, 0.5) is 0 Å². The molecule has 1 saturated heterocycles. The second-order valence-electron chi connectivity index (χ2n) is 5.03. The molecular formula is C12H18N2O. The minimum Gasteiger partial charge on any atom is -0.296 e. The molecule has 0 aromatic carbocycles. The predicted octanol–water partition coefficient (Wildman–Crippen LogP) is 1.59. The largest absolute Gasteiger partial charge is 0.296 e. The highest BCUT2D eigenvalue weighted by Gasteiger charge is 2.44. The van der Waals surface area contributed by atoms with Crippen molar-refractivity contribution in [2.45, 2.75) is 45.2 Å². The molecule has 2 fully saturated rings. The molecule has 0 radical (unpaired) electrons. The lowest BCUT2D eigenvalue weighted by Gasteiger charge is -2.38. The number of likely N-dealkylation sites (tertiary alicyclic amines) is 1. The van der Waals surface area contributed by atoms with E-state index in [0.717, 1.165) is 13.0 Å². The fourth-order valence-corrected chi connectivity index (χ4v) is 2.58. The van der Waals surface area contributed by atoms with E-state index in [1.54, 1.807) is 0 Å². The van der Waals surface area contributed by atoms with Gasteiger partial charge in [0.15, 0.2) is 5.78 Å². The third-order valence-corrected chi connectivity index (χ3v) is 3.47. The molecule has 1 aliphatic carbocycles. The minimum atomic E-state index is -0.354. The van der Waals surface area contributed by atoms with Gasteiger partial charge >= 0.3 is 0 Å². The first-order valence-electron chi connectivity index (χ1n) is 5.84. The molecule has 3 heteroatoms. The smallest absolute Gasteiger partial charge is 0.167 e. The standard InChI is InChI=1S/C12H18N2O/c1-8(2)11-12(15)9(7-13)5-6-14(11)10-3-4-10/h8-11H,3-6H2,1-2H3. The molecule has 15 heavy (non-hydrogen) atoms. The van der Waals surface area contributed by atoms with Crippen LogP contribution in [0.2, 0.25) is 0 Å². The van der Waals surface area contributed by atoms with Gasteiger partial charge in [-0.05, 0) is 25.2 Å². The molecule has 2 atom stereocenters. The molecule has 0 amide bonds. The van der Waals surface area contributed by atoms with Crippen LogP contribution in [-0.2, 0) is 4.79 Å². The van der Waals surface area contributed by atoms with Gasteiger partial charge in [0.1, 0.15) is 5.92 Å². The van der Waals surface area contributed by atoms with Crippen molar-refractivity contribution in [2.75, 3.05) is 6.54 Å². The van der Waals surface area contributed by atoms with Crippen molar-refractivity contribution in [2.24, 2.45) is 11.8 Å². The van der Waals surface area contributed by atoms with E-state index in [1.807, 2.05) is 0 Å². The van der Waals surface area contributed by atoms with Crippen molar-refractivity contribution < 1.29 is 4.79 Å². The van der Waals surface area contributed by atoms with Gasteiger partial charge in [0.25, 0.3) is 0 Å². The number of carbonyl (C=O) groups excluding carboxylic acids is 1. The molecule has 0 spiro atoms. The predicted molar refractivity (Wildman–Crippen MR) is 57.1 cm³/mol. The van der Waals surface area contributed by atoms with Gasteiger partial charge in [0.2, 0.25) is 0 Å². The maximum atomic E-state index is 12.1. The summed E-state index contributed by atoms with van der Waals surface area (Å²) < 4.78 is 0. The van der Waals surface area contributed by atoms with Crippen molar-refractivity contribution in [3.8, 4) is 6.07 Å². The van der Waals surface area contributed by atoms with Crippen LogP contribution in [0.1, 0.15) is 33.1 Å². The van der Waals surface area contributed by atoms with E-state index < -0.39 is 0 Å². The Bertz CT molecular complexity index is 301. The van der Waals surface area contributed by atoms with Crippen molar-refractivity contribution in [3.05, 3.63) is 0 Å². The lowest BCUT2D eigenvalue weighted by molar-refractivity contribution is -0.132. The highest BCUT2D eigenvalue weighted by molar-refractivity contribution is 5.89. The molecule has 0 N–H and O–H groups in total. The molecule has 1 saturated carbocycles. The molecule has 3 nitrogen and oxygen atoms in total. The number of hydrogen-bond donors (Lipinski definition) is 0. The van der Waals surface area contributed by atoms with Gasteiger partial charge < -0.3 is 0 Å². The van der Waals surface area contributed by atoms with E-state index >= 15 is 0 Å².